The van der Waals surface area contributed by atoms with Crippen LogP contribution in [-0.2, 0) is 6.18 Å². The predicted octanol–water partition coefficient (Wildman–Crippen LogP) is 2.71. The summed E-state index contributed by atoms with van der Waals surface area (Å²) in [6, 6.07) is 1.25. The number of methoxy groups -OCH3 is 1. The third-order valence-electron chi connectivity index (χ3n) is 1.53. The smallest absolute Gasteiger partial charge is 0.433 e. The molecule has 0 aliphatic carbocycles. The maximum atomic E-state index is 12.2. The first-order chi connectivity index (χ1) is 7.34. The van der Waals surface area contributed by atoms with Gasteiger partial charge in [0.2, 0.25) is 0 Å². The Morgan fingerprint density at radius 3 is 2.31 bits per heavy atom. The molecule has 1 heterocycles. The van der Waals surface area contributed by atoms with Crippen molar-refractivity contribution in [1.82, 2.24) is 4.98 Å². The number of halogens is 5. The minimum atomic E-state index is -4.67. The van der Waals surface area contributed by atoms with Gasteiger partial charge in [-0.2, -0.15) is 22.0 Å². The van der Waals surface area contributed by atoms with Gasteiger partial charge in [-0.05, 0) is 12.1 Å². The zero-order chi connectivity index (χ0) is 12.3. The molecule has 0 spiro atoms. The van der Waals surface area contributed by atoms with Gasteiger partial charge in [-0.3, -0.25) is 0 Å². The van der Waals surface area contributed by atoms with Gasteiger partial charge in [-0.1, -0.05) is 0 Å². The lowest BCUT2D eigenvalue weighted by atomic mass is 10.3. The van der Waals surface area contributed by atoms with Gasteiger partial charge >= 0.3 is 12.8 Å². The second kappa shape index (κ2) is 4.50. The normalized spacial score (nSPS) is 11.7. The minimum absolute atomic E-state index is 0.528. The third-order valence-corrected chi connectivity index (χ3v) is 1.53. The summed E-state index contributed by atoms with van der Waals surface area (Å²) in [7, 11) is 1.00. The fraction of sp³-hybridized carbons (Fsp3) is 0.375. The standard InChI is InChI=1S/C8H6F5NO2/c1-15-6-4(16-7(9)10)2-3-5(14-6)8(11,12)13/h2-3,7H,1H3. The zero-order valence-corrected chi connectivity index (χ0v) is 7.89. The molecule has 0 atom stereocenters. The third kappa shape index (κ3) is 2.94. The molecular weight excluding hydrogens is 237 g/mol. The van der Waals surface area contributed by atoms with E-state index in [0.717, 1.165) is 13.2 Å². The van der Waals surface area contributed by atoms with Crippen molar-refractivity contribution < 1.29 is 31.4 Å². The molecule has 0 radical (unpaired) electrons. The van der Waals surface area contributed by atoms with Crippen molar-refractivity contribution in [3.05, 3.63) is 17.8 Å². The first-order valence-electron chi connectivity index (χ1n) is 3.91. The van der Waals surface area contributed by atoms with Gasteiger partial charge in [0.25, 0.3) is 5.88 Å². The molecule has 0 bridgehead atoms. The highest BCUT2D eigenvalue weighted by atomic mass is 19.4. The van der Waals surface area contributed by atoms with Crippen LogP contribution in [0.25, 0.3) is 0 Å². The van der Waals surface area contributed by atoms with Gasteiger partial charge in [0.1, 0.15) is 5.69 Å². The Morgan fingerprint density at radius 1 is 1.25 bits per heavy atom. The van der Waals surface area contributed by atoms with Crippen molar-refractivity contribution in [2.75, 3.05) is 7.11 Å². The monoisotopic (exact) mass is 243 g/mol. The molecule has 0 saturated carbocycles. The number of aromatic nitrogens is 1. The van der Waals surface area contributed by atoms with Crippen LogP contribution in [0.4, 0.5) is 22.0 Å². The highest BCUT2D eigenvalue weighted by Crippen LogP contribution is 2.33. The number of alkyl halides is 5. The van der Waals surface area contributed by atoms with Crippen molar-refractivity contribution in [3.63, 3.8) is 0 Å². The molecule has 1 rings (SSSR count). The molecule has 3 nitrogen and oxygen atoms in total. The van der Waals surface area contributed by atoms with E-state index < -0.39 is 30.1 Å². The average molecular weight is 243 g/mol. The summed E-state index contributed by atoms with van der Waals surface area (Å²) >= 11 is 0. The second-order valence-electron chi connectivity index (χ2n) is 2.58. The Hall–Kier alpha value is -1.60. The Morgan fingerprint density at radius 2 is 1.88 bits per heavy atom. The topological polar surface area (TPSA) is 31.4 Å². The molecule has 90 valence electrons. The Kier molecular flexibility index (Phi) is 3.51. The summed E-state index contributed by atoms with van der Waals surface area (Å²) in [6.07, 6.45) is -4.67. The van der Waals surface area contributed by atoms with Gasteiger partial charge in [-0.25, -0.2) is 4.98 Å². The Bertz CT molecular complexity index is 366. The molecule has 0 N–H and O–H groups in total. The van der Waals surface area contributed by atoms with E-state index in [4.69, 9.17) is 0 Å². The average Bonchev–Trinajstić information content (AvgIpc) is 2.15. The Labute approximate surface area is 86.8 Å². The quantitative estimate of drug-likeness (QED) is 0.765. The number of nitrogens with zero attached hydrogens (tertiary/aromatic N) is 1. The van der Waals surface area contributed by atoms with E-state index in [1.165, 1.54) is 0 Å². The summed E-state index contributed by atoms with van der Waals surface area (Å²) in [5, 5.41) is 0. The van der Waals surface area contributed by atoms with Crippen LogP contribution in [0.1, 0.15) is 5.69 Å². The van der Waals surface area contributed by atoms with Gasteiger partial charge in [-0.15, -0.1) is 0 Å². The van der Waals surface area contributed by atoms with E-state index in [9.17, 15) is 22.0 Å². The van der Waals surface area contributed by atoms with Crippen LogP contribution in [0, 0.1) is 0 Å². The van der Waals surface area contributed by atoms with Crippen molar-refractivity contribution >= 4 is 0 Å². The molecule has 0 aromatic carbocycles. The number of ether oxygens (including phenoxy) is 2. The molecular formula is C8H6F5NO2. The summed E-state index contributed by atoms with van der Waals surface area (Å²) in [6.45, 7) is -3.16. The van der Waals surface area contributed by atoms with Crippen molar-refractivity contribution in [1.29, 1.82) is 0 Å². The predicted molar refractivity (Wildman–Crippen MR) is 42.4 cm³/mol. The minimum Gasteiger partial charge on any atom is -0.478 e. The zero-order valence-electron chi connectivity index (χ0n) is 7.89. The van der Waals surface area contributed by atoms with Crippen LogP contribution in [0.15, 0.2) is 12.1 Å². The van der Waals surface area contributed by atoms with Crippen LogP contribution in [0.5, 0.6) is 11.6 Å². The largest absolute Gasteiger partial charge is 0.478 e. The molecule has 0 unspecified atom stereocenters. The fourth-order valence-corrected chi connectivity index (χ4v) is 0.917. The van der Waals surface area contributed by atoms with Crippen molar-refractivity contribution in [3.8, 4) is 11.6 Å². The number of pyridine rings is 1. The van der Waals surface area contributed by atoms with Gasteiger partial charge in [0.15, 0.2) is 5.75 Å². The molecule has 0 fully saturated rings. The van der Waals surface area contributed by atoms with E-state index in [1.54, 1.807) is 0 Å². The van der Waals surface area contributed by atoms with E-state index in [2.05, 4.69) is 14.5 Å². The lowest BCUT2D eigenvalue weighted by Crippen LogP contribution is -2.10. The summed E-state index contributed by atoms with van der Waals surface area (Å²) in [5.74, 6) is -1.19. The lowest BCUT2D eigenvalue weighted by molar-refractivity contribution is -0.141. The highest BCUT2D eigenvalue weighted by Gasteiger charge is 2.33. The SMILES string of the molecule is COc1nc(C(F)(F)F)ccc1OC(F)F. The second-order valence-corrected chi connectivity index (χ2v) is 2.58. The van der Waals surface area contributed by atoms with E-state index in [0.29, 0.717) is 6.07 Å². The molecule has 0 saturated heterocycles. The lowest BCUT2D eigenvalue weighted by Gasteiger charge is -2.11. The van der Waals surface area contributed by atoms with Crippen molar-refractivity contribution in [2.24, 2.45) is 0 Å². The number of hydrogen-bond acceptors (Lipinski definition) is 3. The van der Waals surface area contributed by atoms with Crippen LogP contribution in [0.2, 0.25) is 0 Å². The Balaban J connectivity index is 3.07. The summed E-state index contributed by atoms with van der Waals surface area (Å²) in [4.78, 5) is 3.01. The van der Waals surface area contributed by atoms with E-state index in [-0.39, 0.29) is 0 Å². The van der Waals surface area contributed by atoms with E-state index in [1.807, 2.05) is 0 Å². The van der Waals surface area contributed by atoms with E-state index >= 15 is 0 Å². The maximum Gasteiger partial charge on any atom is 0.433 e. The molecule has 16 heavy (non-hydrogen) atoms. The first kappa shape index (κ1) is 12.5. The van der Waals surface area contributed by atoms with Gasteiger partial charge < -0.3 is 9.47 Å². The summed E-state index contributed by atoms with van der Waals surface area (Å²) in [5.41, 5.74) is -1.24. The van der Waals surface area contributed by atoms with Crippen LogP contribution in [0.3, 0.4) is 0 Å². The van der Waals surface area contributed by atoms with Crippen LogP contribution in [-0.4, -0.2) is 18.7 Å². The molecule has 0 aliphatic heterocycles. The van der Waals surface area contributed by atoms with Crippen LogP contribution < -0.4 is 9.47 Å². The molecule has 8 heteroatoms. The molecule has 0 amide bonds. The summed E-state index contributed by atoms with van der Waals surface area (Å²) < 4.78 is 68.6. The van der Waals surface area contributed by atoms with Gasteiger partial charge in [0, 0.05) is 0 Å². The highest BCUT2D eigenvalue weighted by molar-refractivity contribution is 5.35. The number of hydrogen-bond donors (Lipinski definition) is 0. The maximum absolute atomic E-state index is 12.2. The molecule has 1 aromatic heterocycles. The van der Waals surface area contributed by atoms with Crippen molar-refractivity contribution in [2.45, 2.75) is 12.8 Å². The first-order valence-corrected chi connectivity index (χ1v) is 3.91. The van der Waals surface area contributed by atoms with Gasteiger partial charge in [0.05, 0.1) is 7.11 Å². The number of rotatable bonds is 3. The molecule has 1 aromatic rings. The fourth-order valence-electron chi connectivity index (χ4n) is 0.917. The molecule has 0 aliphatic rings. The van der Waals surface area contributed by atoms with Crippen LogP contribution >= 0.6 is 0 Å².